The molecule has 1 rings (SSSR count). The zero-order chi connectivity index (χ0) is 16.0. The number of methoxy groups -OCH3 is 1. The largest absolute Gasteiger partial charge is 0.460 e. The van der Waals surface area contributed by atoms with E-state index in [1.165, 1.54) is 0 Å². The van der Waals surface area contributed by atoms with E-state index < -0.39 is 0 Å². The van der Waals surface area contributed by atoms with E-state index in [4.69, 9.17) is 18.9 Å². The van der Waals surface area contributed by atoms with E-state index in [0.29, 0.717) is 38.6 Å². The van der Waals surface area contributed by atoms with Crippen LogP contribution in [0.25, 0.3) is 0 Å². The van der Waals surface area contributed by atoms with Gasteiger partial charge in [-0.2, -0.15) is 0 Å². The molecule has 0 spiro atoms. The molecule has 22 heavy (non-hydrogen) atoms. The van der Waals surface area contributed by atoms with Crippen LogP contribution in [-0.2, 0) is 18.9 Å². The lowest BCUT2D eigenvalue weighted by molar-refractivity contribution is 0.00570. The first-order valence-corrected chi connectivity index (χ1v) is 7.12. The smallest absolute Gasteiger partial charge is 0.338 e. The Kier molecular flexibility index (Phi) is 9.71. The van der Waals surface area contributed by atoms with E-state index in [0.717, 1.165) is 5.56 Å². The summed E-state index contributed by atoms with van der Waals surface area (Å²) >= 11 is 0. The highest BCUT2D eigenvalue weighted by Crippen LogP contribution is 2.05. The molecule has 0 bridgehead atoms. The summed E-state index contributed by atoms with van der Waals surface area (Å²) < 4.78 is 20.5. The summed E-state index contributed by atoms with van der Waals surface area (Å²) in [7, 11) is 1.62. The first-order chi connectivity index (χ1) is 10.8. The van der Waals surface area contributed by atoms with E-state index >= 15 is 0 Å². The Morgan fingerprint density at radius 1 is 1.05 bits per heavy atom. The molecule has 5 heteroatoms. The summed E-state index contributed by atoms with van der Waals surface area (Å²) in [5, 5.41) is 0. The lowest BCUT2D eigenvalue weighted by Crippen LogP contribution is -2.14. The van der Waals surface area contributed by atoms with Gasteiger partial charge in [0.25, 0.3) is 0 Å². The first-order valence-electron chi connectivity index (χ1n) is 7.12. The van der Waals surface area contributed by atoms with E-state index in [-0.39, 0.29) is 12.6 Å². The van der Waals surface area contributed by atoms with Gasteiger partial charge < -0.3 is 18.9 Å². The van der Waals surface area contributed by atoms with Gasteiger partial charge in [0, 0.05) is 12.7 Å². The highest BCUT2D eigenvalue weighted by molar-refractivity contribution is 5.89. The topological polar surface area (TPSA) is 54.0 Å². The molecule has 1 aromatic rings. The van der Waals surface area contributed by atoms with Crippen molar-refractivity contribution in [2.45, 2.75) is 6.92 Å². The first kappa shape index (κ1) is 18.2. The van der Waals surface area contributed by atoms with Crippen LogP contribution >= 0.6 is 0 Å². The van der Waals surface area contributed by atoms with E-state index in [9.17, 15) is 4.79 Å². The Morgan fingerprint density at radius 2 is 1.73 bits per heavy atom. The van der Waals surface area contributed by atoms with Gasteiger partial charge in [0.1, 0.15) is 6.61 Å². The minimum atomic E-state index is -0.375. The molecular formula is C17H22O5. The van der Waals surface area contributed by atoms with Crippen LogP contribution < -0.4 is 0 Å². The number of carbonyl (C=O) groups is 1. The van der Waals surface area contributed by atoms with Gasteiger partial charge in [-0.05, 0) is 25.1 Å². The summed E-state index contributed by atoms with van der Waals surface area (Å²) in [6, 6.07) is 7.04. The predicted octanol–water partition coefficient (Wildman–Crippen LogP) is 1.89. The van der Waals surface area contributed by atoms with Gasteiger partial charge in [0.2, 0.25) is 0 Å². The molecule has 0 aromatic heterocycles. The molecule has 0 saturated carbocycles. The summed E-state index contributed by atoms with van der Waals surface area (Å²) in [4.78, 5) is 11.8. The second-order valence-electron chi connectivity index (χ2n) is 4.31. The third-order valence-corrected chi connectivity index (χ3v) is 2.63. The summed E-state index contributed by atoms with van der Waals surface area (Å²) in [5.74, 6) is 5.32. The van der Waals surface area contributed by atoms with Crippen LogP contribution in [0.15, 0.2) is 24.3 Å². The number of esters is 1. The molecule has 0 aliphatic carbocycles. The Bertz CT molecular complexity index is 501. The third-order valence-electron chi connectivity index (χ3n) is 2.63. The number of benzene rings is 1. The molecule has 0 unspecified atom stereocenters. The molecular weight excluding hydrogens is 284 g/mol. The van der Waals surface area contributed by atoms with Gasteiger partial charge in [-0.25, -0.2) is 4.79 Å². The van der Waals surface area contributed by atoms with Crippen molar-refractivity contribution >= 4 is 5.97 Å². The minimum Gasteiger partial charge on any atom is -0.460 e. The molecule has 0 saturated heterocycles. The number of hydrogen-bond acceptors (Lipinski definition) is 5. The number of ether oxygens (including phenoxy) is 4. The standard InChI is InChI=1S/C17H22O5/c1-3-5-15-6-4-7-16(14-15)17(18)22-13-12-21-11-10-20-9-8-19-2/h4,6-7,14H,8-13H2,1-2H3. The van der Waals surface area contributed by atoms with Crippen molar-refractivity contribution in [3.05, 3.63) is 35.4 Å². The van der Waals surface area contributed by atoms with Crippen molar-refractivity contribution in [1.29, 1.82) is 0 Å². The maximum absolute atomic E-state index is 11.8. The van der Waals surface area contributed by atoms with Crippen molar-refractivity contribution < 1.29 is 23.7 Å². The molecule has 0 radical (unpaired) electrons. The molecule has 0 N–H and O–H groups in total. The molecule has 5 nitrogen and oxygen atoms in total. The van der Waals surface area contributed by atoms with Gasteiger partial charge in [-0.1, -0.05) is 12.0 Å². The van der Waals surface area contributed by atoms with Crippen LogP contribution in [0.4, 0.5) is 0 Å². The van der Waals surface area contributed by atoms with Crippen LogP contribution in [-0.4, -0.2) is 52.7 Å². The van der Waals surface area contributed by atoms with Crippen LogP contribution in [0.5, 0.6) is 0 Å². The van der Waals surface area contributed by atoms with Gasteiger partial charge in [-0.3, -0.25) is 0 Å². The summed E-state index contributed by atoms with van der Waals surface area (Å²) in [5.41, 5.74) is 1.28. The molecule has 0 aliphatic rings. The molecule has 0 fully saturated rings. The predicted molar refractivity (Wildman–Crippen MR) is 82.8 cm³/mol. The Labute approximate surface area is 131 Å². The lowest BCUT2D eigenvalue weighted by atomic mass is 10.1. The van der Waals surface area contributed by atoms with Crippen LogP contribution in [0, 0.1) is 11.8 Å². The fraction of sp³-hybridized carbons (Fsp3) is 0.471. The van der Waals surface area contributed by atoms with Crippen molar-refractivity contribution in [2.75, 3.05) is 46.8 Å². The van der Waals surface area contributed by atoms with E-state index in [1.54, 1.807) is 32.2 Å². The quantitative estimate of drug-likeness (QED) is 0.375. The van der Waals surface area contributed by atoms with Crippen LogP contribution in [0.3, 0.4) is 0 Å². The van der Waals surface area contributed by atoms with Gasteiger partial charge >= 0.3 is 5.97 Å². The second-order valence-corrected chi connectivity index (χ2v) is 4.31. The van der Waals surface area contributed by atoms with Gasteiger partial charge in [0.05, 0.1) is 38.6 Å². The normalized spacial score (nSPS) is 9.91. The van der Waals surface area contributed by atoms with Crippen LogP contribution in [0.1, 0.15) is 22.8 Å². The maximum Gasteiger partial charge on any atom is 0.338 e. The van der Waals surface area contributed by atoms with Crippen molar-refractivity contribution in [3.8, 4) is 11.8 Å². The number of carbonyl (C=O) groups excluding carboxylic acids is 1. The highest BCUT2D eigenvalue weighted by Gasteiger charge is 2.06. The number of hydrogen-bond donors (Lipinski definition) is 0. The van der Waals surface area contributed by atoms with Crippen LogP contribution in [0.2, 0.25) is 0 Å². The molecule has 0 amide bonds. The molecule has 0 aliphatic heterocycles. The summed E-state index contributed by atoms with van der Waals surface area (Å²) in [6.07, 6.45) is 0. The monoisotopic (exact) mass is 306 g/mol. The Morgan fingerprint density at radius 3 is 2.41 bits per heavy atom. The Balaban J connectivity index is 2.15. The van der Waals surface area contributed by atoms with Gasteiger partial charge in [-0.15, -0.1) is 5.92 Å². The third kappa shape index (κ3) is 7.79. The zero-order valence-electron chi connectivity index (χ0n) is 13.1. The summed E-state index contributed by atoms with van der Waals surface area (Å²) in [6.45, 7) is 4.37. The fourth-order valence-corrected chi connectivity index (χ4v) is 1.61. The van der Waals surface area contributed by atoms with E-state index in [2.05, 4.69) is 11.8 Å². The SMILES string of the molecule is CC#Cc1cccc(C(=O)OCCOCCOCCOC)c1. The number of rotatable bonds is 10. The van der Waals surface area contributed by atoms with Crippen molar-refractivity contribution in [1.82, 2.24) is 0 Å². The highest BCUT2D eigenvalue weighted by atomic mass is 16.6. The zero-order valence-corrected chi connectivity index (χ0v) is 13.1. The van der Waals surface area contributed by atoms with Crippen molar-refractivity contribution in [2.24, 2.45) is 0 Å². The fourth-order valence-electron chi connectivity index (χ4n) is 1.61. The Hall–Kier alpha value is -1.87. The maximum atomic E-state index is 11.8. The van der Waals surface area contributed by atoms with E-state index in [1.807, 2.05) is 6.07 Å². The average Bonchev–Trinajstić information content (AvgIpc) is 2.54. The minimum absolute atomic E-state index is 0.209. The molecule has 0 heterocycles. The molecule has 0 atom stereocenters. The second kappa shape index (κ2) is 11.8. The molecule has 1 aromatic carbocycles. The average molecular weight is 306 g/mol. The van der Waals surface area contributed by atoms with Gasteiger partial charge in [0.15, 0.2) is 0 Å². The lowest BCUT2D eigenvalue weighted by Gasteiger charge is -2.07. The van der Waals surface area contributed by atoms with Crippen molar-refractivity contribution in [3.63, 3.8) is 0 Å². The molecule has 120 valence electrons.